The molecule has 20 heavy (non-hydrogen) atoms. The second-order valence-electron chi connectivity index (χ2n) is 4.13. The summed E-state index contributed by atoms with van der Waals surface area (Å²) in [6.45, 7) is 1.14. The molecule has 3 N–H and O–H groups in total. The monoisotopic (exact) mass is 401 g/mol. The quantitative estimate of drug-likeness (QED) is 0.467. The average Bonchev–Trinajstić information content (AvgIpc) is 2.45. The molecule has 0 aromatic heterocycles. The van der Waals surface area contributed by atoms with Crippen molar-refractivity contribution < 1.29 is 0 Å². The first-order chi connectivity index (χ1) is 9.25. The van der Waals surface area contributed by atoms with E-state index >= 15 is 0 Å². The topological polar surface area (TPSA) is 50.4 Å². The molecule has 0 aliphatic carbocycles. The summed E-state index contributed by atoms with van der Waals surface area (Å²) < 4.78 is 0. The Balaban J connectivity index is 0.00000200. The molecule has 2 aromatic rings. The second kappa shape index (κ2) is 8.81. The van der Waals surface area contributed by atoms with Crippen molar-refractivity contribution in [2.75, 3.05) is 0 Å². The lowest BCUT2D eigenvalue weighted by Crippen LogP contribution is -2.31. The average molecular weight is 402 g/mol. The van der Waals surface area contributed by atoms with Gasteiger partial charge in [0.1, 0.15) is 0 Å². The summed E-state index contributed by atoms with van der Waals surface area (Å²) >= 11 is 6.06. The van der Waals surface area contributed by atoms with Crippen LogP contribution in [0.3, 0.4) is 0 Å². The predicted octanol–water partition coefficient (Wildman–Crippen LogP) is 3.56. The highest BCUT2D eigenvalue weighted by atomic mass is 127. The van der Waals surface area contributed by atoms with Gasteiger partial charge in [-0.2, -0.15) is 0 Å². The lowest BCUT2D eigenvalue weighted by Gasteiger charge is -2.07. The molecular weight excluding hydrogens is 385 g/mol. The van der Waals surface area contributed by atoms with Crippen LogP contribution in [0.15, 0.2) is 59.6 Å². The Kier molecular flexibility index (Phi) is 7.40. The zero-order chi connectivity index (χ0) is 13.5. The van der Waals surface area contributed by atoms with Gasteiger partial charge in [0.15, 0.2) is 5.96 Å². The SMILES string of the molecule is I.NC(=NCc1ccccc1)NCc1ccccc1Cl. The van der Waals surface area contributed by atoms with Crippen LogP contribution in [0.25, 0.3) is 0 Å². The minimum atomic E-state index is 0. The third kappa shape index (κ3) is 5.38. The van der Waals surface area contributed by atoms with Gasteiger partial charge in [0.05, 0.1) is 6.54 Å². The summed E-state index contributed by atoms with van der Waals surface area (Å²) in [7, 11) is 0. The second-order valence-corrected chi connectivity index (χ2v) is 4.54. The molecule has 3 nitrogen and oxygen atoms in total. The number of hydrogen-bond acceptors (Lipinski definition) is 1. The molecule has 0 amide bonds. The largest absolute Gasteiger partial charge is 0.370 e. The standard InChI is InChI=1S/C15H16ClN3.HI/c16-14-9-5-4-8-13(14)11-19-15(17)18-10-12-6-2-1-3-7-12;/h1-9H,10-11H2,(H3,17,18,19);1H. The van der Waals surface area contributed by atoms with Gasteiger partial charge in [-0.3, -0.25) is 0 Å². The number of rotatable bonds is 4. The molecule has 0 radical (unpaired) electrons. The fourth-order valence-corrected chi connectivity index (χ4v) is 1.85. The van der Waals surface area contributed by atoms with Crippen molar-refractivity contribution >= 4 is 41.5 Å². The maximum atomic E-state index is 6.06. The van der Waals surface area contributed by atoms with Crippen molar-refractivity contribution in [1.82, 2.24) is 5.32 Å². The molecule has 5 heteroatoms. The Morgan fingerprint density at radius 1 is 1.05 bits per heavy atom. The molecule has 0 aliphatic heterocycles. The van der Waals surface area contributed by atoms with Crippen LogP contribution in [-0.2, 0) is 13.1 Å². The van der Waals surface area contributed by atoms with Gasteiger partial charge in [-0.15, -0.1) is 24.0 Å². The number of halogens is 2. The van der Waals surface area contributed by atoms with Gasteiger partial charge < -0.3 is 11.1 Å². The highest BCUT2D eigenvalue weighted by Gasteiger charge is 1.99. The summed E-state index contributed by atoms with van der Waals surface area (Å²) in [6, 6.07) is 17.6. The molecular formula is C15H17ClIN3. The number of hydrogen-bond donors (Lipinski definition) is 2. The van der Waals surface area contributed by atoms with Crippen LogP contribution in [0.5, 0.6) is 0 Å². The van der Waals surface area contributed by atoms with Crippen LogP contribution < -0.4 is 11.1 Å². The molecule has 0 spiro atoms. The number of nitrogens with one attached hydrogen (secondary N) is 1. The molecule has 2 rings (SSSR count). The molecule has 0 saturated heterocycles. The summed E-state index contributed by atoms with van der Waals surface area (Å²) in [5, 5.41) is 3.78. The Bertz CT molecular complexity index is 558. The van der Waals surface area contributed by atoms with Gasteiger partial charge in [-0.1, -0.05) is 60.1 Å². The van der Waals surface area contributed by atoms with Crippen molar-refractivity contribution in [3.8, 4) is 0 Å². The highest BCUT2D eigenvalue weighted by molar-refractivity contribution is 14.0. The Morgan fingerprint density at radius 2 is 1.70 bits per heavy atom. The maximum absolute atomic E-state index is 6.06. The maximum Gasteiger partial charge on any atom is 0.189 e. The lowest BCUT2D eigenvalue weighted by atomic mass is 10.2. The van der Waals surface area contributed by atoms with Crippen LogP contribution in [0.4, 0.5) is 0 Å². The minimum absolute atomic E-state index is 0. The van der Waals surface area contributed by atoms with Gasteiger partial charge in [0, 0.05) is 11.6 Å². The van der Waals surface area contributed by atoms with Crippen molar-refractivity contribution in [2.45, 2.75) is 13.1 Å². The zero-order valence-electron chi connectivity index (χ0n) is 10.9. The summed E-state index contributed by atoms with van der Waals surface area (Å²) in [5.74, 6) is 0.420. The Hall–Kier alpha value is -1.27. The fourth-order valence-electron chi connectivity index (χ4n) is 1.64. The van der Waals surface area contributed by atoms with E-state index in [0.717, 1.165) is 16.1 Å². The third-order valence-electron chi connectivity index (χ3n) is 2.69. The highest BCUT2D eigenvalue weighted by Crippen LogP contribution is 2.14. The Labute approximate surface area is 141 Å². The molecule has 0 atom stereocenters. The van der Waals surface area contributed by atoms with Gasteiger partial charge in [0.2, 0.25) is 0 Å². The molecule has 0 fully saturated rings. The predicted molar refractivity (Wildman–Crippen MR) is 95.5 cm³/mol. The molecule has 2 aromatic carbocycles. The molecule has 106 valence electrons. The smallest absolute Gasteiger partial charge is 0.189 e. The van der Waals surface area contributed by atoms with E-state index < -0.39 is 0 Å². The van der Waals surface area contributed by atoms with E-state index in [2.05, 4.69) is 10.3 Å². The number of aliphatic imine (C=N–C) groups is 1. The number of benzene rings is 2. The van der Waals surface area contributed by atoms with Crippen LogP contribution in [0.1, 0.15) is 11.1 Å². The minimum Gasteiger partial charge on any atom is -0.370 e. The summed E-state index contributed by atoms with van der Waals surface area (Å²) in [5.41, 5.74) is 7.95. The van der Waals surface area contributed by atoms with Gasteiger partial charge in [-0.25, -0.2) is 4.99 Å². The zero-order valence-corrected chi connectivity index (χ0v) is 14.0. The molecule has 0 heterocycles. The molecule has 0 unspecified atom stereocenters. The first-order valence-corrected chi connectivity index (χ1v) is 6.44. The van der Waals surface area contributed by atoms with E-state index in [-0.39, 0.29) is 24.0 Å². The summed E-state index contributed by atoms with van der Waals surface area (Å²) in [4.78, 5) is 4.28. The van der Waals surface area contributed by atoms with E-state index in [1.165, 1.54) is 0 Å². The van der Waals surface area contributed by atoms with Crippen molar-refractivity contribution in [3.05, 3.63) is 70.7 Å². The van der Waals surface area contributed by atoms with Crippen LogP contribution in [-0.4, -0.2) is 5.96 Å². The first-order valence-electron chi connectivity index (χ1n) is 6.07. The number of nitrogens with zero attached hydrogens (tertiary/aromatic N) is 1. The van der Waals surface area contributed by atoms with Gasteiger partial charge in [-0.05, 0) is 17.2 Å². The third-order valence-corrected chi connectivity index (χ3v) is 3.06. The van der Waals surface area contributed by atoms with E-state index in [9.17, 15) is 0 Å². The fraction of sp³-hybridized carbons (Fsp3) is 0.133. The number of guanidine groups is 1. The van der Waals surface area contributed by atoms with Gasteiger partial charge >= 0.3 is 0 Å². The van der Waals surface area contributed by atoms with E-state index in [1.807, 2.05) is 54.6 Å². The molecule has 0 saturated carbocycles. The van der Waals surface area contributed by atoms with Crippen LogP contribution in [0, 0.1) is 0 Å². The summed E-state index contributed by atoms with van der Waals surface area (Å²) in [6.07, 6.45) is 0. The normalized spacial score (nSPS) is 10.8. The van der Waals surface area contributed by atoms with Crippen molar-refractivity contribution in [2.24, 2.45) is 10.7 Å². The molecule has 0 bridgehead atoms. The number of nitrogens with two attached hydrogens (primary N) is 1. The van der Waals surface area contributed by atoms with E-state index in [1.54, 1.807) is 0 Å². The van der Waals surface area contributed by atoms with E-state index in [0.29, 0.717) is 19.0 Å². The van der Waals surface area contributed by atoms with Crippen molar-refractivity contribution in [1.29, 1.82) is 0 Å². The van der Waals surface area contributed by atoms with Crippen molar-refractivity contribution in [3.63, 3.8) is 0 Å². The van der Waals surface area contributed by atoms with Crippen LogP contribution in [0.2, 0.25) is 5.02 Å². The lowest BCUT2D eigenvalue weighted by molar-refractivity contribution is 0.885. The first kappa shape index (κ1) is 16.8. The van der Waals surface area contributed by atoms with E-state index in [4.69, 9.17) is 17.3 Å². The van der Waals surface area contributed by atoms with Crippen LogP contribution >= 0.6 is 35.6 Å². The Morgan fingerprint density at radius 3 is 2.40 bits per heavy atom. The molecule has 0 aliphatic rings. The van der Waals surface area contributed by atoms with Gasteiger partial charge in [0.25, 0.3) is 0 Å².